The van der Waals surface area contributed by atoms with E-state index < -0.39 is 53.6 Å². The van der Waals surface area contributed by atoms with Crippen LogP contribution in [0.1, 0.15) is 19.0 Å². The second kappa shape index (κ2) is 10.7. The first-order chi connectivity index (χ1) is 17.8. The van der Waals surface area contributed by atoms with Gasteiger partial charge in [0.05, 0.1) is 6.54 Å². The molecule has 4 N–H and O–H groups in total. The van der Waals surface area contributed by atoms with E-state index in [1.54, 1.807) is 6.08 Å². The zero-order chi connectivity index (χ0) is 27.8. The summed E-state index contributed by atoms with van der Waals surface area (Å²) in [4.78, 5) is 59.9. The number of aromatic nitrogens is 1. The fourth-order valence-corrected chi connectivity index (χ4v) is 6.03. The van der Waals surface area contributed by atoms with E-state index in [2.05, 4.69) is 20.3 Å². The number of hydrogen-bond donors (Lipinski definition) is 3. The highest BCUT2D eigenvalue weighted by molar-refractivity contribution is 8.00. The number of thioether (sulfide) groups is 1. The minimum absolute atomic E-state index is 0.0161. The van der Waals surface area contributed by atoms with Gasteiger partial charge in [0.15, 0.2) is 10.8 Å². The molecule has 204 valence electrons. The van der Waals surface area contributed by atoms with Gasteiger partial charge in [-0.2, -0.15) is 13.2 Å². The fraction of sp³-hybridized carbons (Fsp3) is 0.429. The van der Waals surface area contributed by atoms with E-state index >= 15 is 0 Å². The molecular weight excluding hydrogens is 553 g/mol. The number of fused-ring (bicyclic) bond motifs is 1. The third-order valence-electron chi connectivity index (χ3n) is 5.69. The van der Waals surface area contributed by atoms with Crippen molar-refractivity contribution in [3.8, 4) is 0 Å². The molecule has 0 aromatic carbocycles. The van der Waals surface area contributed by atoms with Crippen LogP contribution in [0.2, 0.25) is 0 Å². The Labute approximate surface area is 221 Å². The van der Waals surface area contributed by atoms with Crippen molar-refractivity contribution in [1.82, 2.24) is 20.1 Å². The molecule has 0 spiro atoms. The number of likely N-dealkylation sites (tertiary alicyclic amines) is 1. The fourth-order valence-electron chi connectivity index (χ4n) is 4.17. The molecule has 1 aromatic heterocycles. The second-order valence-electron chi connectivity index (χ2n) is 8.51. The van der Waals surface area contributed by atoms with Crippen LogP contribution in [0.5, 0.6) is 0 Å². The molecule has 2 fully saturated rings. The van der Waals surface area contributed by atoms with Gasteiger partial charge >= 0.3 is 18.1 Å². The number of halogens is 3. The van der Waals surface area contributed by atoms with Crippen molar-refractivity contribution in [1.29, 1.82) is 0 Å². The summed E-state index contributed by atoms with van der Waals surface area (Å²) < 4.78 is 38.1. The topological polar surface area (TPSA) is 168 Å². The first-order valence-electron chi connectivity index (χ1n) is 11.0. The van der Waals surface area contributed by atoms with Crippen LogP contribution in [0.4, 0.5) is 18.3 Å². The molecule has 0 aliphatic carbocycles. The van der Waals surface area contributed by atoms with Crippen molar-refractivity contribution < 1.29 is 42.3 Å². The van der Waals surface area contributed by atoms with E-state index in [4.69, 9.17) is 5.73 Å². The second-order valence-corrected chi connectivity index (χ2v) is 10.5. The van der Waals surface area contributed by atoms with Crippen molar-refractivity contribution in [3.05, 3.63) is 34.0 Å². The van der Waals surface area contributed by atoms with E-state index in [9.17, 15) is 37.5 Å². The molecule has 3 aliphatic heterocycles. The van der Waals surface area contributed by atoms with Crippen molar-refractivity contribution >= 4 is 57.7 Å². The SMILES string of the molecule is CC(=O)O/N=C(\C(=O)N[C@@H]1C(=O)N2C(C(=O)O)=C(/C=C3\CCN(CC(F)(F)F)C3)CS[C@H]12)c1csc(N)n1. The van der Waals surface area contributed by atoms with Crippen molar-refractivity contribution in [3.63, 3.8) is 0 Å². The third-order valence-corrected chi connectivity index (χ3v) is 7.67. The molecule has 3 aliphatic rings. The third kappa shape index (κ3) is 5.99. The van der Waals surface area contributed by atoms with Gasteiger partial charge in [-0.3, -0.25) is 19.4 Å². The van der Waals surface area contributed by atoms with Crippen LogP contribution in [-0.2, 0) is 24.0 Å². The Kier molecular flexibility index (Phi) is 7.80. The van der Waals surface area contributed by atoms with Crippen LogP contribution in [-0.4, -0.2) is 92.3 Å². The quantitative estimate of drug-likeness (QED) is 0.184. The van der Waals surface area contributed by atoms with Crippen LogP contribution in [0.3, 0.4) is 0 Å². The van der Waals surface area contributed by atoms with Crippen molar-refractivity contribution in [2.24, 2.45) is 5.16 Å². The van der Waals surface area contributed by atoms with Crippen LogP contribution in [0, 0.1) is 0 Å². The molecular formula is C21H21F3N6O6S2. The molecule has 2 amide bonds. The number of hydrogen-bond acceptors (Lipinski definition) is 11. The number of allylic oxidation sites excluding steroid dienone is 1. The van der Waals surface area contributed by atoms with E-state index in [-0.39, 0.29) is 35.4 Å². The Morgan fingerprint density at radius 1 is 1.39 bits per heavy atom. The van der Waals surface area contributed by atoms with Gasteiger partial charge in [0.25, 0.3) is 11.8 Å². The number of nitrogens with one attached hydrogen (secondary N) is 1. The van der Waals surface area contributed by atoms with Crippen LogP contribution in [0.15, 0.2) is 33.5 Å². The summed E-state index contributed by atoms with van der Waals surface area (Å²) in [5, 5.41) is 16.6. The van der Waals surface area contributed by atoms with Gasteiger partial charge < -0.3 is 21.0 Å². The lowest BCUT2D eigenvalue weighted by atomic mass is 10.0. The number of carbonyl (C=O) groups excluding carboxylic acids is 3. The highest BCUT2D eigenvalue weighted by atomic mass is 32.2. The first kappa shape index (κ1) is 27.6. The number of oxime groups is 1. The molecule has 0 bridgehead atoms. The average Bonchev–Trinajstić information content (AvgIpc) is 3.44. The summed E-state index contributed by atoms with van der Waals surface area (Å²) in [6, 6.07) is -1.11. The van der Waals surface area contributed by atoms with E-state index in [1.807, 2.05) is 0 Å². The van der Waals surface area contributed by atoms with Gasteiger partial charge in [0.1, 0.15) is 22.8 Å². The number of carboxylic acid groups (broad SMARTS) is 1. The Morgan fingerprint density at radius 2 is 2.13 bits per heavy atom. The Morgan fingerprint density at radius 3 is 2.74 bits per heavy atom. The Bertz CT molecular complexity index is 1280. The number of amides is 2. The number of nitrogens with two attached hydrogens (primary N) is 1. The summed E-state index contributed by atoms with van der Waals surface area (Å²) in [7, 11) is 0. The summed E-state index contributed by atoms with van der Waals surface area (Å²) in [5.74, 6) is -3.60. The molecule has 4 rings (SSSR count). The number of alkyl halides is 3. The van der Waals surface area contributed by atoms with Crippen LogP contribution < -0.4 is 11.1 Å². The summed E-state index contributed by atoms with van der Waals surface area (Å²) in [5.41, 5.74) is 5.87. The lowest BCUT2D eigenvalue weighted by Crippen LogP contribution is -2.71. The average molecular weight is 575 g/mol. The van der Waals surface area contributed by atoms with Gasteiger partial charge in [0, 0.05) is 31.1 Å². The van der Waals surface area contributed by atoms with Gasteiger partial charge in [-0.25, -0.2) is 14.6 Å². The minimum Gasteiger partial charge on any atom is -0.477 e. The number of rotatable bonds is 7. The zero-order valence-electron chi connectivity index (χ0n) is 19.6. The molecule has 4 heterocycles. The number of thiazole rings is 1. The Balaban J connectivity index is 1.51. The maximum absolute atomic E-state index is 13.0. The predicted molar refractivity (Wildman–Crippen MR) is 130 cm³/mol. The molecule has 1 aromatic rings. The predicted octanol–water partition coefficient (Wildman–Crippen LogP) is 0.925. The van der Waals surface area contributed by atoms with Crippen LogP contribution >= 0.6 is 23.1 Å². The highest BCUT2D eigenvalue weighted by Crippen LogP contribution is 2.41. The van der Waals surface area contributed by atoms with Gasteiger partial charge in [-0.15, -0.1) is 23.1 Å². The molecule has 2 saturated heterocycles. The largest absolute Gasteiger partial charge is 0.477 e. The molecule has 0 saturated carbocycles. The molecule has 0 radical (unpaired) electrons. The monoisotopic (exact) mass is 574 g/mol. The smallest absolute Gasteiger partial charge is 0.401 e. The number of nitrogens with zero attached hydrogens (tertiary/aromatic N) is 4. The lowest BCUT2D eigenvalue weighted by molar-refractivity contribution is -0.150. The molecule has 0 unspecified atom stereocenters. The van der Waals surface area contributed by atoms with Gasteiger partial charge in [-0.05, 0) is 12.0 Å². The summed E-state index contributed by atoms with van der Waals surface area (Å²) >= 11 is 2.20. The van der Waals surface area contributed by atoms with E-state index in [0.29, 0.717) is 17.6 Å². The number of aliphatic carboxylic acids is 1. The van der Waals surface area contributed by atoms with Gasteiger partial charge in [0.2, 0.25) is 0 Å². The molecule has 12 nitrogen and oxygen atoms in total. The highest BCUT2D eigenvalue weighted by Gasteiger charge is 2.54. The number of carbonyl (C=O) groups is 4. The number of anilines is 1. The first-order valence-corrected chi connectivity index (χ1v) is 12.9. The number of nitrogen functional groups attached to an aromatic ring is 1. The van der Waals surface area contributed by atoms with E-state index in [1.165, 1.54) is 22.0 Å². The van der Waals surface area contributed by atoms with Crippen molar-refractivity contribution in [2.75, 3.05) is 31.1 Å². The molecule has 17 heteroatoms. The summed E-state index contributed by atoms with van der Waals surface area (Å²) in [6.07, 6.45) is -2.45. The molecule has 2 atom stereocenters. The zero-order valence-corrected chi connectivity index (χ0v) is 21.3. The standard InChI is InChI=1S/C21H21F3N6O6S2/c1-9(31)36-28-13(12-7-38-20(25)26-12)16(32)27-14-17(33)30-15(19(34)35)11(6-37-18(14)30)4-10-2-3-29(5-10)8-21(22,23)24/h4,7,14,18H,2-3,5-6,8H2,1H3,(H2,25,26)(H,27,32)(H,34,35)/b10-4+,28-13-/t14-,18-/m1/s1. The lowest BCUT2D eigenvalue weighted by Gasteiger charge is -2.49. The number of carboxylic acids is 1. The summed E-state index contributed by atoms with van der Waals surface area (Å²) in [6.45, 7) is 0.248. The van der Waals surface area contributed by atoms with E-state index in [0.717, 1.165) is 23.2 Å². The number of β-lactam (4-membered cyclic amide) rings is 1. The van der Waals surface area contributed by atoms with Crippen LogP contribution in [0.25, 0.3) is 0 Å². The van der Waals surface area contributed by atoms with Gasteiger partial charge in [-0.1, -0.05) is 16.8 Å². The Hall–Kier alpha value is -3.44. The minimum atomic E-state index is -4.34. The maximum atomic E-state index is 13.0. The van der Waals surface area contributed by atoms with Crippen molar-refractivity contribution in [2.45, 2.75) is 30.9 Å². The molecule has 38 heavy (non-hydrogen) atoms. The normalized spacial score (nSPS) is 23.4. The maximum Gasteiger partial charge on any atom is 0.401 e.